The Morgan fingerprint density at radius 2 is 2.12 bits per heavy atom. The van der Waals surface area contributed by atoms with Gasteiger partial charge in [-0.25, -0.2) is 0 Å². The van der Waals surface area contributed by atoms with Crippen molar-refractivity contribution in [1.82, 2.24) is 4.90 Å². The number of hydrogen-bond acceptors (Lipinski definition) is 4. The Morgan fingerprint density at radius 1 is 1.31 bits per heavy atom. The van der Waals surface area contributed by atoms with Crippen molar-refractivity contribution in [3.05, 3.63) is 29.3 Å². The Hall–Kier alpha value is -1.39. The molecule has 1 unspecified atom stereocenters. The van der Waals surface area contributed by atoms with Crippen LogP contribution in [0.4, 0.5) is 0 Å². The maximum Gasteiger partial charge on any atom is 0.134 e. The highest BCUT2D eigenvalue weighted by Gasteiger charge is 2.68. The molecule has 2 bridgehead atoms. The van der Waals surface area contributed by atoms with Crippen LogP contribution in [0.3, 0.4) is 0 Å². The van der Waals surface area contributed by atoms with Gasteiger partial charge in [0.05, 0.1) is 5.60 Å². The second-order valence-electron chi connectivity index (χ2n) is 9.15. The zero-order valence-electron chi connectivity index (χ0n) is 15.8. The third kappa shape index (κ3) is 2.06. The van der Waals surface area contributed by atoms with Crippen LogP contribution in [-0.2, 0) is 21.4 Å². The fourth-order valence-corrected chi connectivity index (χ4v) is 6.70. The minimum absolute atomic E-state index is 0.191. The molecule has 0 amide bonds. The van der Waals surface area contributed by atoms with Gasteiger partial charge in [-0.3, -0.25) is 9.69 Å². The Bertz CT molecular complexity index is 758. The number of carbonyl (C=O) groups excluding carboxylic acids is 1. The minimum Gasteiger partial charge on any atom is -0.508 e. The van der Waals surface area contributed by atoms with Gasteiger partial charge in [-0.05, 0) is 67.3 Å². The summed E-state index contributed by atoms with van der Waals surface area (Å²) >= 11 is 0. The van der Waals surface area contributed by atoms with Crippen LogP contribution in [0.15, 0.2) is 18.2 Å². The van der Waals surface area contributed by atoms with Crippen LogP contribution >= 0.6 is 0 Å². The van der Waals surface area contributed by atoms with Gasteiger partial charge >= 0.3 is 0 Å². The van der Waals surface area contributed by atoms with Crippen molar-refractivity contribution >= 4 is 5.78 Å². The average Bonchev–Trinajstić information content (AvgIpc) is 3.42. The first kappa shape index (κ1) is 16.8. The Morgan fingerprint density at radius 3 is 2.85 bits per heavy atom. The van der Waals surface area contributed by atoms with E-state index in [1.807, 2.05) is 13.2 Å². The van der Waals surface area contributed by atoms with Crippen molar-refractivity contribution in [3.8, 4) is 5.75 Å². The highest BCUT2D eigenvalue weighted by atomic mass is 16.5. The summed E-state index contributed by atoms with van der Waals surface area (Å²) in [6.45, 7) is 4.40. The van der Waals surface area contributed by atoms with E-state index in [1.54, 1.807) is 6.07 Å². The van der Waals surface area contributed by atoms with E-state index < -0.39 is 0 Å². The third-order valence-corrected chi connectivity index (χ3v) is 7.82. The number of ketones is 1. The molecule has 140 valence electrons. The summed E-state index contributed by atoms with van der Waals surface area (Å²) in [6.07, 6.45) is 5.76. The number of methoxy groups -OCH3 is 1. The highest BCUT2D eigenvalue weighted by Crippen LogP contribution is 2.61. The molecular weight excluding hydrogens is 326 g/mol. The van der Waals surface area contributed by atoms with Crippen LogP contribution in [0.25, 0.3) is 0 Å². The second kappa shape index (κ2) is 5.56. The molecule has 4 nitrogen and oxygen atoms in total. The van der Waals surface area contributed by atoms with Crippen molar-refractivity contribution in [2.24, 2.45) is 11.8 Å². The van der Waals surface area contributed by atoms with Crippen molar-refractivity contribution in [3.63, 3.8) is 0 Å². The van der Waals surface area contributed by atoms with E-state index in [9.17, 15) is 9.90 Å². The number of fused-ring (bicyclic) bond motifs is 1. The fraction of sp³-hybridized carbons (Fsp3) is 0.682. The zero-order valence-corrected chi connectivity index (χ0v) is 15.8. The van der Waals surface area contributed by atoms with Crippen LogP contribution in [0, 0.1) is 11.8 Å². The number of carbonyl (C=O) groups is 1. The summed E-state index contributed by atoms with van der Waals surface area (Å²) in [5.41, 5.74) is 1.83. The van der Waals surface area contributed by atoms with Gasteiger partial charge in [0.25, 0.3) is 0 Å². The van der Waals surface area contributed by atoms with E-state index in [-0.39, 0.29) is 16.9 Å². The largest absolute Gasteiger partial charge is 0.508 e. The predicted molar refractivity (Wildman–Crippen MR) is 99.3 cm³/mol. The minimum atomic E-state index is -0.338. The van der Waals surface area contributed by atoms with Crippen LogP contribution in [-0.4, -0.2) is 47.6 Å². The first-order chi connectivity index (χ1) is 12.5. The first-order valence-electron chi connectivity index (χ1n) is 10.1. The Kier molecular flexibility index (Phi) is 3.58. The number of Topliss-reactive ketones (excluding diaryl/α,β-unsaturated/α-hetero) is 1. The normalized spacial score (nSPS) is 39.4. The number of phenols is 1. The number of likely N-dealkylation sites (tertiary alicyclic amines) is 1. The number of nitrogens with zero attached hydrogens (tertiary/aromatic N) is 1. The van der Waals surface area contributed by atoms with Gasteiger partial charge in [0.1, 0.15) is 11.5 Å². The molecule has 4 atom stereocenters. The molecule has 4 heteroatoms. The molecule has 4 aliphatic rings. The van der Waals surface area contributed by atoms with Gasteiger partial charge in [0.2, 0.25) is 0 Å². The van der Waals surface area contributed by atoms with Gasteiger partial charge in [0.15, 0.2) is 0 Å². The molecular formula is C22H29NO3. The van der Waals surface area contributed by atoms with Crippen LogP contribution in [0.2, 0.25) is 0 Å². The zero-order chi connectivity index (χ0) is 18.1. The van der Waals surface area contributed by atoms with E-state index in [1.165, 1.54) is 30.5 Å². The van der Waals surface area contributed by atoms with Crippen molar-refractivity contribution < 1.29 is 14.6 Å². The standard InChI is InChI=1S/C22H29NO3/c1-14-9-18(25)12-21-7-8-23(13-15-3-4-15)20(22(14,21)26-2)10-16-5-6-17(24)11-19(16)21/h5-6,11,14-15,20,24H,3-4,7-10,12-13H2,1-2H3/t14-,20+,21+,22?/m0/s1. The molecule has 0 radical (unpaired) electrons. The number of rotatable bonds is 3. The van der Waals surface area contributed by atoms with Crippen LogP contribution < -0.4 is 0 Å². The summed E-state index contributed by atoms with van der Waals surface area (Å²) in [5.74, 6) is 1.68. The smallest absolute Gasteiger partial charge is 0.134 e. The third-order valence-electron chi connectivity index (χ3n) is 7.82. The predicted octanol–water partition coefficient (Wildman–Crippen LogP) is 3.05. The number of piperidine rings is 1. The molecule has 2 saturated carbocycles. The summed E-state index contributed by atoms with van der Waals surface area (Å²) in [4.78, 5) is 15.4. The lowest BCUT2D eigenvalue weighted by Gasteiger charge is -2.67. The molecule has 1 aromatic rings. The lowest BCUT2D eigenvalue weighted by molar-refractivity contribution is -0.210. The van der Waals surface area contributed by atoms with Crippen LogP contribution in [0.5, 0.6) is 5.75 Å². The van der Waals surface area contributed by atoms with E-state index in [2.05, 4.69) is 17.9 Å². The van der Waals surface area contributed by atoms with E-state index in [0.717, 1.165) is 25.3 Å². The molecule has 0 aromatic heterocycles. The van der Waals surface area contributed by atoms with Crippen molar-refractivity contribution in [2.75, 3.05) is 20.2 Å². The Labute approximate surface area is 155 Å². The second-order valence-corrected chi connectivity index (χ2v) is 9.15. The van der Waals surface area contributed by atoms with Gasteiger partial charge in [0, 0.05) is 38.0 Å². The van der Waals surface area contributed by atoms with Gasteiger partial charge in [-0.2, -0.15) is 0 Å². The molecule has 1 saturated heterocycles. The van der Waals surface area contributed by atoms with Crippen molar-refractivity contribution in [2.45, 2.75) is 62.5 Å². The molecule has 0 spiro atoms. The van der Waals surface area contributed by atoms with E-state index in [0.29, 0.717) is 30.4 Å². The number of benzene rings is 1. The quantitative estimate of drug-likeness (QED) is 0.905. The molecule has 1 aliphatic heterocycles. The lowest BCUT2D eigenvalue weighted by Crippen LogP contribution is -2.76. The maximum absolute atomic E-state index is 12.7. The summed E-state index contributed by atoms with van der Waals surface area (Å²) < 4.78 is 6.45. The topological polar surface area (TPSA) is 49.8 Å². The molecule has 5 rings (SSSR count). The van der Waals surface area contributed by atoms with E-state index >= 15 is 0 Å². The molecule has 1 aromatic carbocycles. The van der Waals surface area contributed by atoms with Gasteiger partial charge < -0.3 is 9.84 Å². The Balaban J connectivity index is 1.71. The van der Waals surface area contributed by atoms with Gasteiger partial charge in [-0.15, -0.1) is 0 Å². The molecule has 1 heterocycles. The summed E-state index contributed by atoms with van der Waals surface area (Å²) in [7, 11) is 1.85. The first-order valence-corrected chi connectivity index (χ1v) is 10.1. The summed E-state index contributed by atoms with van der Waals surface area (Å²) in [6, 6.07) is 6.11. The SMILES string of the molecule is COC12[C@@H](C)CC(=O)C[C@@]13CCN(CC1CC1)[C@@H]2Cc1ccc(O)cc13. The highest BCUT2D eigenvalue weighted by molar-refractivity contribution is 5.83. The number of hydrogen-bond donors (Lipinski definition) is 1. The monoisotopic (exact) mass is 355 g/mol. The van der Waals surface area contributed by atoms with Crippen molar-refractivity contribution in [1.29, 1.82) is 0 Å². The number of ether oxygens (including phenoxy) is 1. The number of phenolic OH excluding ortho intramolecular Hbond substituents is 1. The summed E-state index contributed by atoms with van der Waals surface area (Å²) in [5, 5.41) is 10.2. The van der Waals surface area contributed by atoms with Crippen LogP contribution in [0.1, 0.15) is 50.2 Å². The average molecular weight is 355 g/mol. The van der Waals surface area contributed by atoms with Gasteiger partial charge in [-0.1, -0.05) is 13.0 Å². The molecule has 3 fully saturated rings. The maximum atomic E-state index is 12.7. The van der Waals surface area contributed by atoms with E-state index in [4.69, 9.17) is 4.74 Å². The lowest BCUT2D eigenvalue weighted by atomic mass is 9.46. The fourth-order valence-electron chi connectivity index (χ4n) is 6.70. The number of aromatic hydroxyl groups is 1. The molecule has 1 N–H and O–H groups in total. The molecule has 26 heavy (non-hydrogen) atoms. The molecule has 3 aliphatic carbocycles.